The molecule has 0 aliphatic rings. The van der Waals surface area contributed by atoms with E-state index in [1.54, 1.807) is 26.0 Å². The topological polar surface area (TPSA) is 56.2 Å². The Bertz CT molecular complexity index is 268. The average Bonchev–Trinajstić information content (AvgIpc) is 2.34. The van der Waals surface area contributed by atoms with E-state index in [9.17, 15) is 4.79 Å². The molecule has 0 radical (unpaired) electrons. The van der Waals surface area contributed by atoms with Gasteiger partial charge in [-0.25, -0.2) is 0 Å². The summed E-state index contributed by atoms with van der Waals surface area (Å²) in [4.78, 5) is 11.1. The number of halogens is 1. The Labute approximate surface area is 77.3 Å². The first kappa shape index (κ1) is 11.2. The standard InChI is InChI=1S/C8H11NO2.ClH/c1-5-3-4-7(11-5)8(10)6(2)9;/h3-4,6H,9H2,1-2H3;1H. The number of hydrogen-bond acceptors (Lipinski definition) is 3. The Hall–Kier alpha value is -0.800. The fourth-order valence-corrected chi connectivity index (χ4v) is 0.791. The SMILES string of the molecule is Cc1ccc(C(=O)C(C)N)o1.Cl. The van der Waals surface area contributed by atoms with Crippen LogP contribution in [0, 0.1) is 6.92 Å². The van der Waals surface area contributed by atoms with Crippen molar-refractivity contribution in [3.8, 4) is 0 Å². The van der Waals surface area contributed by atoms with Crippen LogP contribution in [0.1, 0.15) is 23.2 Å². The number of carbonyl (C=O) groups excluding carboxylic acids is 1. The Morgan fingerprint density at radius 3 is 2.50 bits per heavy atom. The molecular formula is C8H12ClNO2. The largest absolute Gasteiger partial charge is 0.458 e. The van der Waals surface area contributed by atoms with Gasteiger partial charge < -0.3 is 10.2 Å². The molecule has 0 saturated heterocycles. The predicted molar refractivity (Wildman–Crippen MR) is 48.7 cm³/mol. The van der Waals surface area contributed by atoms with E-state index in [1.807, 2.05) is 0 Å². The van der Waals surface area contributed by atoms with Gasteiger partial charge in [0.15, 0.2) is 5.76 Å². The molecule has 0 fully saturated rings. The molecule has 3 nitrogen and oxygen atoms in total. The molecule has 12 heavy (non-hydrogen) atoms. The van der Waals surface area contributed by atoms with Crippen molar-refractivity contribution < 1.29 is 9.21 Å². The van der Waals surface area contributed by atoms with E-state index < -0.39 is 6.04 Å². The zero-order chi connectivity index (χ0) is 8.43. The summed E-state index contributed by atoms with van der Waals surface area (Å²) in [7, 11) is 0. The maximum atomic E-state index is 11.1. The molecular weight excluding hydrogens is 178 g/mol. The third-order valence-corrected chi connectivity index (χ3v) is 1.40. The maximum absolute atomic E-state index is 11.1. The van der Waals surface area contributed by atoms with Gasteiger partial charge in [0, 0.05) is 0 Å². The second-order valence-corrected chi connectivity index (χ2v) is 2.56. The molecule has 0 saturated carbocycles. The van der Waals surface area contributed by atoms with Crippen molar-refractivity contribution in [3.63, 3.8) is 0 Å². The molecule has 0 aliphatic heterocycles. The fourth-order valence-electron chi connectivity index (χ4n) is 0.791. The summed E-state index contributed by atoms with van der Waals surface area (Å²) in [6.45, 7) is 3.43. The molecule has 0 amide bonds. The highest BCUT2D eigenvalue weighted by Gasteiger charge is 2.13. The Balaban J connectivity index is 0.00000121. The van der Waals surface area contributed by atoms with Gasteiger partial charge in [-0.1, -0.05) is 0 Å². The molecule has 1 aromatic rings. The maximum Gasteiger partial charge on any atom is 0.214 e. The number of hydrogen-bond donors (Lipinski definition) is 1. The van der Waals surface area contributed by atoms with Crippen molar-refractivity contribution in [1.82, 2.24) is 0 Å². The van der Waals surface area contributed by atoms with Crippen LogP contribution in [0.15, 0.2) is 16.5 Å². The van der Waals surface area contributed by atoms with Gasteiger partial charge in [-0.05, 0) is 26.0 Å². The van der Waals surface area contributed by atoms with Crippen LogP contribution in [0.25, 0.3) is 0 Å². The van der Waals surface area contributed by atoms with E-state index in [1.165, 1.54) is 0 Å². The molecule has 0 bridgehead atoms. The van der Waals surface area contributed by atoms with Gasteiger partial charge in [-0.3, -0.25) is 4.79 Å². The minimum absolute atomic E-state index is 0. The highest BCUT2D eigenvalue weighted by molar-refractivity contribution is 5.97. The molecule has 4 heteroatoms. The number of nitrogens with two attached hydrogens (primary N) is 1. The van der Waals surface area contributed by atoms with E-state index in [4.69, 9.17) is 10.2 Å². The first-order valence-corrected chi connectivity index (χ1v) is 3.47. The third kappa shape index (κ3) is 2.36. The lowest BCUT2D eigenvalue weighted by atomic mass is 10.2. The van der Waals surface area contributed by atoms with Crippen LogP contribution in [0.5, 0.6) is 0 Å². The van der Waals surface area contributed by atoms with Crippen molar-refractivity contribution in [3.05, 3.63) is 23.7 Å². The summed E-state index contributed by atoms with van der Waals surface area (Å²) < 4.78 is 5.08. The number of rotatable bonds is 2. The summed E-state index contributed by atoms with van der Waals surface area (Å²) >= 11 is 0. The molecule has 0 aromatic carbocycles. The average molecular weight is 190 g/mol. The zero-order valence-electron chi connectivity index (χ0n) is 7.03. The van der Waals surface area contributed by atoms with E-state index in [0.29, 0.717) is 5.76 Å². The molecule has 1 rings (SSSR count). The normalized spacial score (nSPS) is 11.9. The fraction of sp³-hybridized carbons (Fsp3) is 0.375. The van der Waals surface area contributed by atoms with Crippen LogP contribution in [-0.4, -0.2) is 11.8 Å². The van der Waals surface area contributed by atoms with E-state index in [2.05, 4.69) is 0 Å². The zero-order valence-corrected chi connectivity index (χ0v) is 7.85. The van der Waals surface area contributed by atoms with Crippen molar-refractivity contribution in [2.45, 2.75) is 19.9 Å². The molecule has 1 atom stereocenters. The molecule has 0 aliphatic carbocycles. The highest BCUT2D eigenvalue weighted by atomic mass is 35.5. The molecule has 1 unspecified atom stereocenters. The number of carbonyl (C=O) groups is 1. The first-order chi connectivity index (χ1) is 5.11. The van der Waals surface area contributed by atoms with Crippen LogP contribution in [0.2, 0.25) is 0 Å². The Morgan fingerprint density at radius 2 is 2.17 bits per heavy atom. The summed E-state index contributed by atoms with van der Waals surface area (Å²) in [5, 5.41) is 0. The van der Waals surface area contributed by atoms with Crippen LogP contribution in [0.4, 0.5) is 0 Å². The summed E-state index contributed by atoms with van der Waals surface area (Å²) in [5.74, 6) is 0.921. The van der Waals surface area contributed by atoms with Gasteiger partial charge in [0.25, 0.3) is 0 Å². The van der Waals surface area contributed by atoms with E-state index >= 15 is 0 Å². The van der Waals surface area contributed by atoms with E-state index in [0.717, 1.165) is 5.76 Å². The lowest BCUT2D eigenvalue weighted by Gasteiger charge is -1.98. The second-order valence-electron chi connectivity index (χ2n) is 2.56. The Kier molecular flexibility index (Phi) is 4.00. The molecule has 1 aromatic heterocycles. The van der Waals surface area contributed by atoms with Crippen LogP contribution < -0.4 is 5.73 Å². The molecule has 1 heterocycles. The lowest BCUT2D eigenvalue weighted by molar-refractivity contribution is 0.0939. The van der Waals surface area contributed by atoms with Crippen molar-refractivity contribution in [2.75, 3.05) is 0 Å². The molecule has 2 N–H and O–H groups in total. The van der Waals surface area contributed by atoms with Gasteiger partial charge >= 0.3 is 0 Å². The van der Waals surface area contributed by atoms with Crippen LogP contribution in [0.3, 0.4) is 0 Å². The highest BCUT2D eigenvalue weighted by Crippen LogP contribution is 2.07. The van der Waals surface area contributed by atoms with Gasteiger partial charge in [0.1, 0.15) is 5.76 Å². The van der Waals surface area contributed by atoms with Gasteiger partial charge in [0.05, 0.1) is 6.04 Å². The number of ketones is 1. The van der Waals surface area contributed by atoms with Gasteiger partial charge in [-0.15, -0.1) is 12.4 Å². The predicted octanol–water partition coefficient (Wildman–Crippen LogP) is 1.54. The Morgan fingerprint density at radius 1 is 1.58 bits per heavy atom. The summed E-state index contributed by atoms with van der Waals surface area (Å²) in [6, 6.07) is 2.90. The number of furan rings is 1. The minimum atomic E-state index is -0.486. The van der Waals surface area contributed by atoms with Crippen LogP contribution in [-0.2, 0) is 0 Å². The first-order valence-electron chi connectivity index (χ1n) is 3.47. The monoisotopic (exact) mass is 189 g/mol. The quantitative estimate of drug-likeness (QED) is 0.718. The molecule has 68 valence electrons. The molecule has 0 spiro atoms. The van der Waals surface area contributed by atoms with Crippen molar-refractivity contribution >= 4 is 18.2 Å². The summed E-state index contributed by atoms with van der Waals surface area (Å²) in [6.07, 6.45) is 0. The third-order valence-electron chi connectivity index (χ3n) is 1.40. The number of Topliss-reactive ketones (excluding diaryl/α,β-unsaturated/α-hetero) is 1. The smallest absolute Gasteiger partial charge is 0.214 e. The lowest BCUT2D eigenvalue weighted by Crippen LogP contribution is -2.26. The van der Waals surface area contributed by atoms with Crippen molar-refractivity contribution in [2.24, 2.45) is 5.73 Å². The van der Waals surface area contributed by atoms with Gasteiger partial charge in [-0.2, -0.15) is 0 Å². The minimum Gasteiger partial charge on any atom is -0.458 e. The number of aryl methyl sites for hydroxylation is 1. The second kappa shape index (κ2) is 4.28. The van der Waals surface area contributed by atoms with Crippen molar-refractivity contribution in [1.29, 1.82) is 0 Å². The van der Waals surface area contributed by atoms with E-state index in [-0.39, 0.29) is 18.2 Å². The van der Waals surface area contributed by atoms with Crippen LogP contribution >= 0.6 is 12.4 Å². The van der Waals surface area contributed by atoms with Gasteiger partial charge in [0.2, 0.25) is 5.78 Å². The summed E-state index contributed by atoms with van der Waals surface area (Å²) in [5.41, 5.74) is 5.37.